The molecule has 1 aliphatic rings. The Bertz CT molecular complexity index is 162. The van der Waals surface area contributed by atoms with Gasteiger partial charge in [0.2, 0.25) is 0 Å². The van der Waals surface area contributed by atoms with Crippen LogP contribution in [0.15, 0.2) is 0 Å². The molecule has 0 unspecified atom stereocenters. The van der Waals surface area contributed by atoms with Gasteiger partial charge < -0.3 is 15.1 Å². The zero-order chi connectivity index (χ0) is 9.14. The molecular weight excluding hydrogens is 158 g/mol. The maximum atomic E-state index is 11.2. The van der Waals surface area contributed by atoms with Crippen LogP contribution in [-0.4, -0.2) is 46.3 Å². The lowest BCUT2D eigenvalue weighted by Gasteiger charge is -2.30. The third-order valence-electron chi connectivity index (χ3n) is 2.13. The summed E-state index contributed by atoms with van der Waals surface area (Å²) in [6.07, 6.45) is 0.0555. The highest BCUT2D eigenvalue weighted by Crippen LogP contribution is 2.10. The van der Waals surface area contributed by atoms with Gasteiger partial charge in [-0.25, -0.2) is 0 Å². The van der Waals surface area contributed by atoms with Crippen LogP contribution in [0.25, 0.3) is 0 Å². The minimum Gasteiger partial charge on any atom is -0.393 e. The molecule has 1 amide bonds. The Morgan fingerprint density at radius 1 is 1.50 bits per heavy atom. The van der Waals surface area contributed by atoms with Gasteiger partial charge in [0.1, 0.15) is 6.10 Å². The molecule has 1 fully saturated rings. The molecule has 2 N–H and O–H groups in total. The fourth-order valence-corrected chi connectivity index (χ4v) is 1.35. The van der Waals surface area contributed by atoms with Gasteiger partial charge in [-0.15, -0.1) is 0 Å². The number of aliphatic hydroxyl groups excluding tert-OH is 2. The molecule has 70 valence electrons. The third kappa shape index (κ3) is 2.19. The van der Waals surface area contributed by atoms with Gasteiger partial charge in [-0.1, -0.05) is 0 Å². The predicted octanol–water partition coefficient (Wildman–Crippen LogP) is -0.650. The first-order chi connectivity index (χ1) is 5.61. The van der Waals surface area contributed by atoms with Crippen molar-refractivity contribution in [3.63, 3.8) is 0 Å². The number of likely N-dealkylation sites (tertiary alicyclic amines) is 1. The van der Waals surface area contributed by atoms with E-state index >= 15 is 0 Å². The number of carbonyl (C=O) groups is 1. The molecule has 0 aromatic heterocycles. The zero-order valence-electron chi connectivity index (χ0n) is 7.23. The molecule has 0 aromatic rings. The Hall–Kier alpha value is -0.610. The monoisotopic (exact) mass is 173 g/mol. The van der Waals surface area contributed by atoms with E-state index in [1.807, 2.05) is 0 Å². The van der Waals surface area contributed by atoms with Crippen molar-refractivity contribution in [2.24, 2.45) is 0 Å². The molecule has 0 saturated carbocycles. The van der Waals surface area contributed by atoms with Crippen LogP contribution in [0.2, 0.25) is 0 Å². The zero-order valence-corrected chi connectivity index (χ0v) is 7.23. The minimum absolute atomic E-state index is 0.234. The van der Waals surface area contributed by atoms with Crippen LogP contribution < -0.4 is 0 Å². The van der Waals surface area contributed by atoms with Crippen molar-refractivity contribution < 1.29 is 15.0 Å². The summed E-state index contributed by atoms with van der Waals surface area (Å²) in [6, 6.07) is 0. The van der Waals surface area contributed by atoms with Crippen LogP contribution in [0.3, 0.4) is 0 Å². The summed E-state index contributed by atoms with van der Waals surface area (Å²) in [4.78, 5) is 12.8. The summed E-state index contributed by atoms with van der Waals surface area (Å²) in [6.45, 7) is 2.59. The second-order valence-electron chi connectivity index (χ2n) is 3.23. The van der Waals surface area contributed by atoms with E-state index in [4.69, 9.17) is 10.2 Å². The lowest BCUT2D eigenvalue weighted by atomic mass is 10.1. The molecule has 1 atom stereocenters. The van der Waals surface area contributed by atoms with E-state index in [1.165, 1.54) is 6.92 Å². The first-order valence-electron chi connectivity index (χ1n) is 4.26. The maximum Gasteiger partial charge on any atom is 0.251 e. The number of hydrogen-bond donors (Lipinski definition) is 2. The highest BCUT2D eigenvalue weighted by Gasteiger charge is 2.23. The summed E-state index contributed by atoms with van der Waals surface area (Å²) in [5.74, 6) is -0.234. The van der Waals surface area contributed by atoms with Crippen LogP contribution in [0.4, 0.5) is 0 Å². The number of aliphatic hydroxyl groups is 2. The van der Waals surface area contributed by atoms with Crippen LogP contribution in [0.1, 0.15) is 19.8 Å². The average molecular weight is 173 g/mol. The highest BCUT2D eigenvalue weighted by atomic mass is 16.3. The first kappa shape index (κ1) is 9.48. The van der Waals surface area contributed by atoms with Crippen molar-refractivity contribution in [3.8, 4) is 0 Å². The van der Waals surface area contributed by atoms with E-state index in [2.05, 4.69) is 0 Å². The Morgan fingerprint density at radius 3 is 2.42 bits per heavy atom. The molecule has 1 saturated heterocycles. The highest BCUT2D eigenvalue weighted by molar-refractivity contribution is 5.80. The van der Waals surface area contributed by atoms with E-state index < -0.39 is 6.10 Å². The molecule has 1 heterocycles. The van der Waals surface area contributed by atoms with Gasteiger partial charge in [0.25, 0.3) is 5.91 Å². The molecule has 0 spiro atoms. The molecule has 1 rings (SSSR count). The summed E-state index contributed by atoms with van der Waals surface area (Å²) in [5.41, 5.74) is 0. The number of hydrogen-bond acceptors (Lipinski definition) is 3. The maximum absolute atomic E-state index is 11.2. The van der Waals surface area contributed by atoms with Gasteiger partial charge in [-0.2, -0.15) is 0 Å². The van der Waals surface area contributed by atoms with Crippen molar-refractivity contribution in [1.29, 1.82) is 0 Å². The van der Waals surface area contributed by atoms with Crippen LogP contribution in [-0.2, 0) is 4.79 Å². The van der Waals surface area contributed by atoms with Crippen molar-refractivity contribution in [2.45, 2.75) is 32.0 Å². The molecule has 0 radical (unpaired) electrons. The van der Waals surface area contributed by atoms with Gasteiger partial charge in [-0.3, -0.25) is 4.79 Å². The number of amides is 1. The van der Waals surface area contributed by atoms with Crippen LogP contribution in [0.5, 0.6) is 0 Å². The van der Waals surface area contributed by atoms with Crippen LogP contribution in [0, 0.1) is 0 Å². The standard InChI is InChI=1S/C8H15NO3/c1-6(10)8(12)9-4-2-7(11)3-5-9/h6-7,10-11H,2-5H2,1H3/t6-/m0/s1. The van der Waals surface area contributed by atoms with Crippen molar-refractivity contribution in [1.82, 2.24) is 4.90 Å². The summed E-state index contributed by atoms with van der Waals surface area (Å²) in [7, 11) is 0. The van der Waals surface area contributed by atoms with Gasteiger partial charge in [0.15, 0.2) is 0 Å². The van der Waals surface area contributed by atoms with E-state index in [0.29, 0.717) is 25.9 Å². The molecule has 12 heavy (non-hydrogen) atoms. The third-order valence-corrected chi connectivity index (χ3v) is 2.13. The molecule has 0 aromatic carbocycles. The van der Waals surface area contributed by atoms with Crippen molar-refractivity contribution in [3.05, 3.63) is 0 Å². The number of piperidine rings is 1. The molecule has 0 aliphatic carbocycles. The largest absolute Gasteiger partial charge is 0.393 e. The summed E-state index contributed by atoms with van der Waals surface area (Å²) < 4.78 is 0. The SMILES string of the molecule is C[C@H](O)C(=O)N1CCC(O)CC1. The summed E-state index contributed by atoms with van der Waals surface area (Å²) in [5, 5.41) is 18.1. The Kier molecular flexibility index (Phi) is 3.05. The molecule has 0 bridgehead atoms. The Morgan fingerprint density at radius 2 is 2.00 bits per heavy atom. The Labute approximate surface area is 71.8 Å². The molecule has 4 heteroatoms. The second kappa shape index (κ2) is 3.87. The number of nitrogens with zero attached hydrogens (tertiary/aromatic N) is 1. The van der Waals surface area contributed by atoms with Crippen molar-refractivity contribution in [2.75, 3.05) is 13.1 Å². The van der Waals surface area contributed by atoms with Gasteiger partial charge in [0, 0.05) is 13.1 Å². The van der Waals surface area contributed by atoms with E-state index in [-0.39, 0.29) is 12.0 Å². The number of carbonyl (C=O) groups excluding carboxylic acids is 1. The summed E-state index contributed by atoms with van der Waals surface area (Å²) >= 11 is 0. The topological polar surface area (TPSA) is 60.8 Å². The fourth-order valence-electron chi connectivity index (χ4n) is 1.35. The van der Waals surface area contributed by atoms with E-state index in [0.717, 1.165) is 0 Å². The lowest BCUT2D eigenvalue weighted by Crippen LogP contribution is -2.44. The fraction of sp³-hybridized carbons (Fsp3) is 0.875. The minimum atomic E-state index is -0.916. The quantitative estimate of drug-likeness (QED) is 0.554. The average Bonchev–Trinajstić information content (AvgIpc) is 2.04. The van der Waals surface area contributed by atoms with Gasteiger partial charge in [-0.05, 0) is 19.8 Å². The van der Waals surface area contributed by atoms with Crippen molar-refractivity contribution >= 4 is 5.91 Å². The van der Waals surface area contributed by atoms with E-state index in [9.17, 15) is 4.79 Å². The molecular formula is C8H15NO3. The molecule has 4 nitrogen and oxygen atoms in total. The van der Waals surface area contributed by atoms with Gasteiger partial charge >= 0.3 is 0 Å². The molecule has 1 aliphatic heterocycles. The first-order valence-corrected chi connectivity index (χ1v) is 4.26. The second-order valence-corrected chi connectivity index (χ2v) is 3.23. The lowest BCUT2D eigenvalue weighted by molar-refractivity contribution is -0.141. The van der Waals surface area contributed by atoms with Gasteiger partial charge in [0.05, 0.1) is 6.10 Å². The number of rotatable bonds is 1. The normalized spacial score (nSPS) is 22.4. The predicted molar refractivity (Wildman–Crippen MR) is 43.5 cm³/mol. The Balaban J connectivity index is 2.39. The smallest absolute Gasteiger partial charge is 0.251 e. The van der Waals surface area contributed by atoms with Crippen LogP contribution >= 0.6 is 0 Å². The van der Waals surface area contributed by atoms with E-state index in [1.54, 1.807) is 4.90 Å².